The summed E-state index contributed by atoms with van der Waals surface area (Å²) in [5.74, 6) is -0.258. The summed E-state index contributed by atoms with van der Waals surface area (Å²) in [5, 5.41) is 4.08. The average Bonchev–Trinajstić information content (AvgIpc) is 2.91. The molecule has 1 aliphatic carbocycles. The van der Waals surface area contributed by atoms with E-state index < -0.39 is 6.04 Å². The number of esters is 1. The van der Waals surface area contributed by atoms with Gasteiger partial charge in [-0.15, -0.1) is 0 Å². The van der Waals surface area contributed by atoms with Gasteiger partial charge in [-0.25, -0.2) is 4.79 Å². The molecule has 0 heterocycles. The third kappa shape index (κ3) is 3.48. The Morgan fingerprint density at radius 3 is 2.68 bits per heavy atom. The molecule has 0 aromatic heterocycles. The Morgan fingerprint density at radius 1 is 1.42 bits per heavy atom. The Morgan fingerprint density at radius 2 is 2.11 bits per heavy atom. The lowest BCUT2D eigenvalue weighted by atomic mass is 10.0. The van der Waals surface area contributed by atoms with Crippen molar-refractivity contribution in [3.05, 3.63) is 34.3 Å². The summed E-state index contributed by atoms with van der Waals surface area (Å²) in [4.78, 5) is 12.0. The SMILES string of the molecule is COC(=O)C(NC1CCCC1)c1ccc(C)c(Cl)c1. The Bertz CT molecular complexity index is 455. The molecule has 0 amide bonds. The molecule has 1 fully saturated rings. The zero-order valence-corrected chi connectivity index (χ0v) is 12.2. The van der Waals surface area contributed by atoms with Crippen LogP contribution in [0.15, 0.2) is 18.2 Å². The zero-order valence-electron chi connectivity index (χ0n) is 11.4. The van der Waals surface area contributed by atoms with Crippen molar-refractivity contribution in [2.24, 2.45) is 0 Å². The summed E-state index contributed by atoms with van der Waals surface area (Å²) in [6.45, 7) is 1.95. The molecule has 0 bridgehead atoms. The molecule has 1 N–H and O–H groups in total. The van der Waals surface area contributed by atoms with Crippen molar-refractivity contribution < 1.29 is 9.53 Å². The lowest BCUT2D eigenvalue weighted by Crippen LogP contribution is -2.36. The van der Waals surface area contributed by atoms with Gasteiger partial charge in [0, 0.05) is 11.1 Å². The van der Waals surface area contributed by atoms with Gasteiger partial charge in [-0.2, -0.15) is 0 Å². The topological polar surface area (TPSA) is 38.3 Å². The molecule has 1 aliphatic rings. The van der Waals surface area contributed by atoms with Gasteiger partial charge >= 0.3 is 5.97 Å². The van der Waals surface area contributed by atoms with Crippen LogP contribution in [0.1, 0.15) is 42.9 Å². The predicted molar refractivity (Wildman–Crippen MR) is 76.3 cm³/mol. The summed E-state index contributed by atoms with van der Waals surface area (Å²) < 4.78 is 4.90. The molecule has 2 rings (SSSR count). The fraction of sp³-hybridized carbons (Fsp3) is 0.533. The molecule has 1 aromatic carbocycles. The van der Waals surface area contributed by atoms with E-state index >= 15 is 0 Å². The smallest absolute Gasteiger partial charge is 0.327 e. The van der Waals surface area contributed by atoms with E-state index in [2.05, 4.69) is 5.32 Å². The van der Waals surface area contributed by atoms with E-state index in [0.29, 0.717) is 11.1 Å². The second-order valence-electron chi connectivity index (χ2n) is 5.11. The van der Waals surface area contributed by atoms with Crippen molar-refractivity contribution in [3.8, 4) is 0 Å². The number of methoxy groups -OCH3 is 1. The second kappa shape index (κ2) is 6.40. The Hall–Kier alpha value is -1.06. The van der Waals surface area contributed by atoms with Crippen LogP contribution in [-0.2, 0) is 9.53 Å². The van der Waals surface area contributed by atoms with E-state index in [0.717, 1.165) is 24.0 Å². The van der Waals surface area contributed by atoms with Gasteiger partial charge in [0.05, 0.1) is 7.11 Å². The van der Waals surface area contributed by atoms with Crippen LogP contribution in [0, 0.1) is 6.92 Å². The molecule has 3 nitrogen and oxygen atoms in total. The van der Waals surface area contributed by atoms with Crippen molar-refractivity contribution in [3.63, 3.8) is 0 Å². The van der Waals surface area contributed by atoms with Crippen LogP contribution in [0.4, 0.5) is 0 Å². The molecule has 0 radical (unpaired) electrons. The normalized spacial score (nSPS) is 17.4. The number of rotatable bonds is 4. The van der Waals surface area contributed by atoms with E-state index in [-0.39, 0.29) is 5.97 Å². The number of carbonyl (C=O) groups is 1. The van der Waals surface area contributed by atoms with Crippen molar-refractivity contribution >= 4 is 17.6 Å². The first-order chi connectivity index (χ1) is 9.11. The molecule has 4 heteroatoms. The van der Waals surface area contributed by atoms with Gasteiger partial charge in [-0.05, 0) is 37.0 Å². The highest BCUT2D eigenvalue weighted by Gasteiger charge is 2.26. The number of nitrogens with one attached hydrogen (secondary N) is 1. The van der Waals surface area contributed by atoms with Crippen LogP contribution >= 0.6 is 11.6 Å². The number of benzene rings is 1. The highest BCUT2D eigenvalue weighted by Crippen LogP contribution is 2.26. The van der Waals surface area contributed by atoms with Crippen molar-refractivity contribution in [1.29, 1.82) is 0 Å². The summed E-state index contributed by atoms with van der Waals surface area (Å²) in [6, 6.07) is 5.69. The maximum absolute atomic E-state index is 12.0. The summed E-state index contributed by atoms with van der Waals surface area (Å²) in [6.07, 6.45) is 4.68. The van der Waals surface area contributed by atoms with Crippen LogP contribution in [-0.4, -0.2) is 19.1 Å². The number of halogens is 1. The molecule has 1 atom stereocenters. The fourth-order valence-electron chi connectivity index (χ4n) is 2.54. The third-order valence-electron chi connectivity index (χ3n) is 3.72. The standard InChI is InChI=1S/C15H20ClNO2/c1-10-7-8-11(9-13(10)16)14(15(18)19-2)17-12-5-3-4-6-12/h7-9,12,14,17H,3-6H2,1-2H3. The minimum Gasteiger partial charge on any atom is -0.468 e. The van der Waals surface area contributed by atoms with E-state index in [4.69, 9.17) is 16.3 Å². The van der Waals surface area contributed by atoms with Crippen molar-refractivity contribution in [1.82, 2.24) is 5.32 Å². The molecular weight excluding hydrogens is 262 g/mol. The molecule has 19 heavy (non-hydrogen) atoms. The Kier molecular flexibility index (Phi) is 4.83. The number of carbonyl (C=O) groups excluding carboxylic acids is 1. The number of hydrogen-bond acceptors (Lipinski definition) is 3. The van der Waals surface area contributed by atoms with Gasteiger partial charge in [0.1, 0.15) is 6.04 Å². The largest absolute Gasteiger partial charge is 0.468 e. The fourth-order valence-corrected chi connectivity index (χ4v) is 2.72. The van der Waals surface area contributed by atoms with Crippen LogP contribution in [0.25, 0.3) is 0 Å². The summed E-state index contributed by atoms with van der Waals surface area (Å²) in [5.41, 5.74) is 1.88. The number of aryl methyl sites for hydroxylation is 1. The van der Waals surface area contributed by atoms with Gasteiger partial charge in [0.15, 0.2) is 0 Å². The van der Waals surface area contributed by atoms with E-state index in [1.807, 2.05) is 25.1 Å². The van der Waals surface area contributed by atoms with Gasteiger partial charge in [0.2, 0.25) is 0 Å². The molecule has 1 saturated carbocycles. The van der Waals surface area contributed by atoms with E-state index in [1.165, 1.54) is 20.0 Å². The van der Waals surface area contributed by atoms with Crippen LogP contribution in [0.2, 0.25) is 5.02 Å². The molecule has 0 aliphatic heterocycles. The van der Waals surface area contributed by atoms with E-state index in [9.17, 15) is 4.79 Å². The molecular formula is C15H20ClNO2. The van der Waals surface area contributed by atoms with Gasteiger partial charge < -0.3 is 4.74 Å². The lowest BCUT2D eigenvalue weighted by Gasteiger charge is -2.21. The number of hydrogen-bond donors (Lipinski definition) is 1. The quantitative estimate of drug-likeness (QED) is 0.860. The van der Waals surface area contributed by atoms with Crippen molar-refractivity contribution in [2.75, 3.05) is 7.11 Å². The highest BCUT2D eigenvalue weighted by atomic mass is 35.5. The average molecular weight is 282 g/mol. The molecule has 0 spiro atoms. The monoisotopic (exact) mass is 281 g/mol. The third-order valence-corrected chi connectivity index (χ3v) is 4.13. The first-order valence-corrected chi connectivity index (χ1v) is 7.09. The molecule has 104 valence electrons. The summed E-state index contributed by atoms with van der Waals surface area (Å²) >= 11 is 6.14. The first-order valence-electron chi connectivity index (χ1n) is 6.71. The second-order valence-corrected chi connectivity index (χ2v) is 5.52. The van der Waals surface area contributed by atoms with Crippen LogP contribution < -0.4 is 5.32 Å². The minimum absolute atomic E-state index is 0.258. The Labute approximate surface area is 119 Å². The summed E-state index contributed by atoms with van der Waals surface area (Å²) in [7, 11) is 1.42. The van der Waals surface area contributed by atoms with Crippen LogP contribution in [0.3, 0.4) is 0 Å². The van der Waals surface area contributed by atoms with Gasteiger partial charge in [0.25, 0.3) is 0 Å². The van der Waals surface area contributed by atoms with Crippen LogP contribution in [0.5, 0.6) is 0 Å². The van der Waals surface area contributed by atoms with Crippen molar-refractivity contribution in [2.45, 2.75) is 44.7 Å². The van der Waals surface area contributed by atoms with Gasteiger partial charge in [-0.3, -0.25) is 5.32 Å². The maximum Gasteiger partial charge on any atom is 0.327 e. The zero-order chi connectivity index (χ0) is 13.8. The molecule has 1 unspecified atom stereocenters. The van der Waals surface area contributed by atoms with E-state index in [1.54, 1.807) is 0 Å². The minimum atomic E-state index is -0.425. The maximum atomic E-state index is 12.0. The van der Waals surface area contributed by atoms with Gasteiger partial charge in [-0.1, -0.05) is 36.6 Å². The first kappa shape index (κ1) is 14.4. The predicted octanol–water partition coefficient (Wildman–Crippen LogP) is 3.39. The Balaban J connectivity index is 2.20. The lowest BCUT2D eigenvalue weighted by molar-refractivity contribution is -0.143. The number of ether oxygens (including phenoxy) is 1. The molecule has 1 aromatic rings. The highest BCUT2D eigenvalue weighted by molar-refractivity contribution is 6.31. The molecule has 0 saturated heterocycles.